The first-order valence-corrected chi connectivity index (χ1v) is 32.4. The standard InChI is InChI=1S/C64H86N4O6S2/c1-43(69)73-61-32-24-47(54(70)37-61)18-10-15-45(21-20-44-13-4-2-5-14-44)41-75-76-64(31-12-29-60(64)27-8-9-28-60)67-59(65)66-39-52-22-23-53(46-16-6-3-7-17-46)62(52)38-55(71)68(42-62)40-50-35-48(25-33-61)56-49-26-34-63(74-58(56)57(50)72)30-11-19-51(63)36-49/h2-7,13-14,16-17,35,45,47,49,51-54,70,72H,8-12,15,18-34,36-42H2,1H3,(H3,65,66,67)/t45-,47+,49-,51-,52-,53-,54-,61-,62+,63+,64-/m1/s1. The van der Waals surface area contributed by atoms with Crippen molar-refractivity contribution in [2.45, 2.75) is 214 Å². The molecule has 6 saturated carbocycles. The number of amides is 1. The second-order valence-electron chi connectivity index (χ2n) is 26.0. The lowest BCUT2D eigenvalue weighted by molar-refractivity contribution is -0.168. The fourth-order valence-corrected chi connectivity index (χ4v) is 21.9. The number of rotatable bonds is 5. The molecule has 0 radical (unpaired) electrons. The fraction of sp³-hybridized carbons (Fsp3) is 0.672. The SMILES string of the molecule is CC(=O)O[C@@]12CCc3cc(c(O)c4c3[C@@H]3CC[C@]5(CCC[C@@H]5C3)O4)CN3C[C@@]4(CC3=O)[C@H](CC[C@@H]4c3ccccc3)CN=C(N)N[C@]3(CCCC34CCCC4)SSC[C@@H](CCc3ccccc3)CCC[C@@H](CC1)[C@H](O)C2. The van der Waals surface area contributed by atoms with Crippen molar-refractivity contribution in [1.29, 1.82) is 0 Å². The number of carbonyl (C=O) groups is 2. The van der Waals surface area contributed by atoms with E-state index in [1.807, 2.05) is 15.7 Å². The molecule has 4 spiro atoms. The second-order valence-corrected chi connectivity index (χ2v) is 28.6. The maximum absolute atomic E-state index is 14.9. The number of aliphatic imine (C=N–C) groups is 1. The molecule has 6 aliphatic carbocycles. The molecule has 1 saturated heterocycles. The van der Waals surface area contributed by atoms with Crippen LogP contribution in [0, 0.1) is 34.5 Å². The minimum absolute atomic E-state index is 0.120. The van der Waals surface area contributed by atoms with Gasteiger partial charge in [-0.15, -0.1) is 0 Å². The van der Waals surface area contributed by atoms with Gasteiger partial charge in [-0.3, -0.25) is 14.6 Å². The molecule has 0 unspecified atom stereocenters. The Balaban J connectivity index is 0.906. The smallest absolute Gasteiger partial charge is 0.303 e. The molecular weight excluding hydrogens is 985 g/mol. The molecule has 7 fully saturated rings. The number of nitrogens with one attached hydrogen (secondary N) is 1. The van der Waals surface area contributed by atoms with Crippen molar-refractivity contribution in [2.24, 2.45) is 45.2 Å². The molecule has 0 aromatic heterocycles. The Morgan fingerprint density at radius 2 is 1.67 bits per heavy atom. The predicted molar refractivity (Wildman–Crippen MR) is 305 cm³/mol. The van der Waals surface area contributed by atoms with Crippen molar-refractivity contribution in [1.82, 2.24) is 10.2 Å². The number of aromatic hydroxyl groups is 1. The summed E-state index contributed by atoms with van der Waals surface area (Å²) in [6, 6.07) is 24.0. The quantitative estimate of drug-likeness (QED) is 0.144. The van der Waals surface area contributed by atoms with Crippen LogP contribution in [0.1, 0.15) is 201 Å². The first-order valence-electron chi connectivity index (χ1n) is 30.1. The van der Waals surface area contributed by atoms with Gasteiger partial charge < -0.3 is 35.6 Å². The minimum Gasteiger partial charge on any atom is -0.504 e. The topological polar surface area (TPSA) is 147 Å². The molecule has 5 heterocycles. The first kappa shape index (κ1) is 52.8. The Bertz CT molecular complexity index is 2610. The molecular formula is C64H86N4O6S2. The molecule has 11 atom stereocenters. The van der Waals surface area contributed by atoms with Gasteiger partial charge >= 0.3 is 5.97 Å². The number of esters is 1. The number of aliphatic hydroxyl groups is 1. The van der Waals surface area contributed by atoms with Gasteiger partial charge in [0.15, 0.2) is 17.5 Å². The highest BCUT2D eigenvalue weighted by Gasteiger charge is 2.59. The van der Waals surface area contributed by atoms with Crippen molar-refractivity contribution >= 4 is 39.4 Å². The first-order chi connectivity index (χ1) is 36.9. The molecule has 76 heavy (non-hydrogen) atoms. The van der Waals surface area contributed by atoms with Gasteiger partial charge in [-0.2, -0.15) is 0 Å². The molecule has 11 aliphatic rings. The number of carbonyl (C=O) groups excluding carboxylic acids is 2. The zero-order valence-corrected chi connectivity index (χ0v) is 47.1. The van der Waals surface area contributed by atoms with Gasteiger partial charge in [-0.05, 0) is 193 Å². The number of nitrogens with two attached hydrogens (primary N) is 1. The van der Waals surface area contributed by atoms with E-state index < -0.39 is 11.7 Å². The van der Waals surface area contributed by atoms with Crippen molar-refractivity contribution in [3.63, 3.8) is 0 Å². The number of hydrogen-bond donors (Lipinski definition) is 4. The Hall–Kier alpha value is -3.87. The molecule has 410 valence electrons. The minimum atomic E-state index is -0.795. The number of nitrogens with zero attached hydrogens (tertiary/aromatic N) is 2. The third kappa shape index (κ3) is 9.99. The third-order valence-corrected chi connectivity index (χ3v) is 25.2. The molecule has 1 amide bonds. The predicted octanol–water partition coefficient (Wildman–Crippen LogP) is 13.1. The highest BCUT2D eigenvalue weighted by atomic mass is 33.1. The molecule has 14 rings (SSSR count). The summed E-state index contributed by atoms with van der Waals surface area (Å²) >= 11 is 0. The van der Waals surface area contributed by atoms with Gasteiger partial charge in [0.1, 0.15) is 16.1 Å². The number of phenols is 1. The van der Waals surface area contributed by atoms with Crippen LogP contribution in [0.4, 0.5) is 0 Å². The highest BCUT2D eigenvalue weighted by molar-refractivity contribution is 8.77. The van der Waals surface area contributed by atoms with Crippen molar-refractivity contribution in [2.75, 3.05) is 18.8 Å². The maximum atomic E-state index is 14.9. The molecule has 12 heteroatoms. The summed E-state index contributed by atoms with van der Waals surface area (Å²) in [6.45, 7) is 2.96. The monoisotopic (exact) mass is 1070 g/mol. The summed E-state index contributed by atoms with van der Waals surface area (Å²) in [5, 5.41) is 28.8. The highest BCUT2D eigenvalue weighted by Crippen LogP contribution is 2.64. The van der Waals surface area contributed by atoms with Crippen LogP contribution >= 0.6 is 21.6 Å². The van der Waals surface area contributed by atoms with Crippen molar-refractivity contribution < 1.29 is 29.3 Å². The summed E-state index contributed by atoms with van der Waals surface area (Å²) in [4.78, 5) is 35.2. The van der Waals surface area contributed by atoms with Gasteiger partial charge in [-0.1, -0.05) is 102 Å². The van der Waals surface area contributed by atoms with Gasteiger partial charge in [0.05, 0.1) is 6.10 Å². The number of guanidine groups is 1. The Labute approximate surface area is 461 Å². The van der Waals surface area contributed by atoms with E-state index in [0.717, 1.165) is 119 Å². The van der Waals surface area contributed by atoms with Gasteiger partial charge in [0, 0.05) is 67.1 Å². The van der Waals surface area contributed by atoms with Crippen LogP contribution < -0.4 is 15.8 Å². The average Bonchev–Trinajstić information content (AvgIpc) is 4.42. The Kier molecular flexibility index (Phi) is 15.0. The van der Waals surface area contributed by atoms with E-state index in [4.69, 9.17) is 20.2 Å². The number of benzene rings is 3. The van der Waals surface area contributed by atoms with Crippen LogP contribution in [-0.2, 0) is 33.7 Å². The normalized spacial score (nSPS) is 36.5. The van der Waals surface area contributed by atoms with Gasteiger partial charge in [-0.25, -0.2) is 0 Å². The number of fused-ring (bicyclic) bond motifs is 12. The lowest BCUT2D eigenvalue weighted by atomic mass is 9.68. The number of ether oxygens (including phenoxy) is 2. The summed E-state index contributed by atoms with van der Waals surface area (Å²) in [5.74, 6) is 3.97. The maximum Gasteiger partial charge on any atom is 0.303 e. The van der Waals surface area contributed by atoms with E-state index in [1.54, 1.807) is 0 Å². The Morgan fingerprint density at radius 3 is 2.47 bits per heavy atom. The molecule has 3 aromatic carbocycles. The fourth-order valence-electron chi connectivity index (χ4n) is 17.9. The van der Waals surface area contributed by atoms with Gasteiger partial charge in [0.2, 0.25) is 5.91 Å². The molecule has 3 aromatic rings. The number of phenolic OH excluding ortho intramolecular Hbond substituents is 1. The van der Waals surface area contributed by atoms with Gasteiger partial charge in [0.25, 0.3) is 0 Å². The van der Waals surface area contributed by atoms with Crippen LogP contribution in [0.25, 0.3) is 0 Å². The summed E-state index contributed by atoms with van der Waals surface area (Å²) in [6.07, 6.45) is 25.1. The molecule has 10 nitrogen and oxygen atoms in total. The van der Waals surface area contributed by atoms with E-state index >= 15 is 0 Å². The lowest BCUT2D eigenvalue weighted by Crippen LogP contribution is -2.55. The lowest BCUT2D eigenvalue weighted by Gasteiger charge is -2.44. The second kappa shape index (κ2) is 21.6. The van der Waals surface area contributed by atoms with Crippen LogP contribution in [0.3, 0.4) is 0 Å². The van der Waals surface area contributed by atoms with Crippen LogP contribution in [0.15, 0.2) is 71.7 Å². The van der Waals surface area contributed by atoms with Crippen molar-refractivity contribution in [3.8, 4) is 11.5 Å². The summed E-state index contributed by atoms with van der Waals surface area (Å²) < 4.78 is 13.7. The van der Waals surface area contributed by atoms with E-state index in [0.29, 0.717) is 75.3 Å². The summed E-state index contributed by atoms with van der Waals surface area (Å²) in [7, 11) is 4.10. The summed E-state index contributed by atoms with van der Waals surface area (Å²) in [5.41, 5.74) is 11.6. The zero-order chi connectivity index (χ0) is 52.1. The Morgan fingerprint density at radius 1 is 0.868 bits per heavy atom. The van der Waals surface area contributed by atoms with Crippen LogP contribution in [0.5, 0.6) is 11.5 Å². The van der Waals surface area contributed by atoms with Crippen molar-refractivity contribution in [3.05, 3.63) is 94.5 Å². The number of hydrogen-bond acceptors (Lipinski definition) is 11. The zero-order valence-electron chi connectivity index (χ0n) is 45.4. The van der Waals surface area contributed by atoms with E-state index in [9.17, 15) is 19.8 Å². The van der Waals surface area contributed by atoms with E-state index in [-0.39, 0.29) is 62.6 Å². The largest absolute Gasteiger partial charge is 0.504 e. The van der Waals surface area contributed by atoms with E-state index in [1.165, 1.54) is 56.6 Å². The van der Waals surface area contributed by atoms with Crippen LogP contribution in [0.2, 0.25) is 0 Å². The molecule has 5 aliphatic heterocycles. The molecule has 8 bridgehead atoms. The average molecular weight is 1070 g/mol. The third-order valence-electron chi connectivity index (χ3n) is 21.8. The number of aliphatic hydroxyl groups excluding tert-OH is 1. The molecule has 5 N–H and O–H groups in total. The van der Waals surface area contributed by atoms with Crippen LogP contribution in [-0.4, -0.2) is 74.0 Å². The van der Waals surface area contributed by atoms with E-state index in [2.05, 4.69) is 82.8 Å². The number of aryl methyl sites for hydroxylation is 2.